The van der Waals surface area contributed by atoms with Crippen LogP contribution in [-0.4, -0.2) is 45.7 Å². The first-order valence-electron chi connectivity index (χ1n) is 10.5. The van der Waals surface area contributed by atoms with Crippen molar-refractivity contribution in [2.24, 2.45) is 5.10 Å². The molecule has 0 saturated heterocycles. The second kappa shape index (κ2) is 11.2. The Balaban J connectivity index is 1.40. The summed E-state index contributed by atoms with van der Waals surface area (Å²) in [5, 5.41) is 5.02. The van der Waals surface area contributed by atoms with Gasteiger partial charge in [0.2, 0.25) is 10.9 Å². The predicted octanol–water partition coefficient (Wildman–Crippen LogP) is 5.23. The van der Waals surface area contributed by atoms with E-state index in [9.17, 15) is 0 Å². The molecule has 0 spiro atoms. The van der Waals surface area contributed by atoms with Crippen LogP contribution in [0.3, 0.4) is 0 Å². The maximum Gasteiger partial charge on any atom is 0.204 e. The Kier molecular flexibility index (Phi) is 7.67. The normalized spacial score (nSPS) is 10.9. The first-order chi connectivity index (χ1) is 16.7. The molecular weight excluding hydrogens is 454 g/mol. The van der Waals surface area contributed by atoms with Crippen LogP contribution in [0.15, 0.2) is 65.8 Å². The van der Waals surface area contributed by atoms with Gasteiger partial charge in [0.05, 0.1) is 37.8 Å². The average molecular weight is 480 g/mol. The number of para-hydroxylation sites is 3. The van der Waals surface area contributed by atoms with Gasteiger partial charge in [0.1, 0.15) is 13.2 Å². The summed E-state index contributed by atoms with van der Waals surface area (Å²) < 4.78 is 29.1. The fraction of sp³-hybridized carbons (Fsp3) is 0.200. The molecule has 3 aromatic carbocycles. The summed E-state index contributed by atoms with van der Waals surface area (Å²) in [6.45, 7) is 0.610. The standard InChI is InChI=1S/C25H25N3O5S/c1-29-19-9-5-6-10-20(19)32-12-13-33-24-21(30-2)14-17(15-22(24)31-3)16-26-28-25-27-18-8-4-7-11-23(18)34-25/h4-11,14-16H,12-13H2,1-3H3,(H,27,28). The van der Waals surface area contributed by atoms with Crippen LogP contribution in [-0.2, 0) is 0 Å². The van der Waals surface area contributed by atoms with E-state index in [1.54, 1.807) is 27.5 Å². The van der Waals surface area contributed by atoms with E-state index in [1.807, 2.05) is 60.7 Å². The van der Waals surface area contributed by atoms with Crippen molar-refractivity contribution in [2.45, 2.75) is 0 Å². The number of aromatic nitrogens is 1. The summed E-state index contributed by atoms with van der Waals surface area (Å²) in [5.74, 6) is 2.86. The smallest absolute Gasteiger partial charge is 0.204 e. The molecule has 0 atom stereocenters. The van der Waals surface area contributed by atoms with Crippen LogP contribution >= 0.6 is 11.3 Å². The highest BCUT2D eigenvalue weighted by molar-refractivity contribution is 7.22. The van der Waals surface area contributed by atoms with Gasteiger partial charge >= 0.3 is 0 Å². The Bertz CT molecular complexity index is 1220. The van der Waals surface area contributed by atoms with Gasteiger partial charge in [-0.05, 0) is 36.4 Å². The fourth-order valence-corrected chi connectivity index (χ4v) is 4.05. The highest BCUT2D eigenvalue weighted by Gasteiger charge is 2.14. The molecule has 1 aromatic heterocycles. The monoisotopic (exact) mass is 479 g/mol. The Hall–Kier alpha value is -3.98. The molecule has 34 heavy (non-hydrogen) atoms. The summed E-state index contributed by atoms with van der Waals surface area (Å²) >= 11 is 1.54. The van der Waals surface area contributed by atoms with E-state index in [4.69, 9.17) is 23.7 Å². The maximum absolute atomic E-state index is 5.92. The summed E-state index contributed by atoms with van der Waals surface area (Å²) in [5.41, 5.74) is 4.69. The molecule has 1 heterocycles. The maximum atomic E-state index is 5.92. The summed E-state index contributed by atoms with van der Waals surface area (Å²) in [6, 6.07) is 19.0. The van der Waals surface area contributed by atoms with Gasteiger partial charge in [0.15, 0.2) is 23.0 Å². The van der Waals surface area contributed by atoms with Crippen molar-refractivity contribution in [1.29, 1.82) is 0 Å². The van der Waals surface area contributed by atoms with Crippen molar-refractivity contribution in [2.75, 3.05) is 40.0 Å². The first kappa shape index (κ1) is 23.2. The molecule has 0 amide bonds. The van der Waals surface area contributed by atoms with Crippen molar-refractivity contribution in [3.8, 4) is 28.7 Å². The van der Waals surface area contributed by atoms with Crippen LogP contribution in [0, 0.1) is 0 Å². The molecule has 1 N–H and O–H groups in total. The highest BCUT2D eigenvalue weighted by Crippen LogP contribution is 2.38. The minimum absolute atomic E-state index is 0.289. The van der Waals surface area contributed by atoms with Gasteiger partial charge in [0, 0.05) is 5.56 Å². The minimum atomic E-state index is 0.289. The third-order valence-corrected chi connectivity index (χ3v) is 5.75. The lowest BCUT2D eigenvalue weighted by Gasteiger charge is -2.16. The number of benzene rings is 3. The van der Waals surface area contributed by atoms with Gasteiger partial charge in [0.25, 0.3) is 0 Å². The van der Waals surface area contributed by atoms with Gasteiger partial charge in [-0.3, -0.25) is 5.43 Å². The molecule has 0 unspecified atom stereocenters. The molecule has 0 aliphatic carbocycles. The zero-order valence-electron chi connectivity index (χ0n) is 19.1. The van der Waals surface area contributed by atoms with Crippen molar-refractivity contribution in [3.05, 3.63) is 66.2 Å². The molecule has 4 rings (SSSR count). The highest BCUT2D eigenvalue weighted by atomic mass is 32.1. The van der Waals surface area contributed by atoms with Crippen LogP contribution < -0.4 is 29.1 Å². The topological polar surface area (TPSA) is 83.4 Å². The molecule has 0 fully saturated rings. The lowest BCUT2D eigenvalue weighted by molar-refractivity contribution is 0.200. The summed E-state index contributed by atoms with van der Waals surface area (Å²) in [4.78, 5) is 4.50. The molecular formula is C25H25N3O5S. The Labute approximate surface area is 201 Å². The Morgan fingerprint density at radius 2 is 1.47 bits per heavy atom. The molecule has 4 aromatic rings. The number of rotatable bonds is 11. The summed E-state index contributed by atoms with van der Waals surface area (Å²) in [7, 11) is 4.76. The van der Waals surface area contributed by atoms with Crippen molar-refractivity contribution < 1.29 is 23.7 Å². The number of ether oxygens (including phenoxy) is 5. The van der Waals surface area contributed by atoms with Crippen molar-refractivity contribution >= 4 is 32.9 Å². The van der Waals surface area contributed by atoms with Gasteiger partial charge < -0.3 is 23.7 Å². The van der Waals surface area contributed by atoms with E-state index in [1.165, 1.54) is 11.3 Å². The third kappa shape index (κ3) is 5.49. The lowest BCUT2D eigenvalue weighted by atomic mass is 10.2. The second-order valence-electron chi connectivity index (χ2n) is 6.96. The molecule has 0 bridgehead atoms. The zero-order valence-corrected chi connectivity index (χ0v) is 19.9. The molecule has 0 aliphatic rings. The predicted molar refractivity (Wildman–Crippen MR) is 134 cm³/mol. The quantitative estimate of drug-likeness (QED) is 0.179. The van der Waals surface area contributed by atoms with E-state index in [0.717, 1.165) is 15.8 Å². The fourth-order valence-electron chi connectivity index (χ4n) is 3.23. The molecule has 176 valence electrons. The van der Waals surface area contributed by atoms with Crippen molar-refractivity contribution in [3.63, 3.8) is 0 Å². The number of thiazole rings is 1. The largest absolute Gasteiger partial charge is 0.493 e. The van der Waals surface area contributed by atoms with E-state index >= 15 is 0 Å². The van der Waals surface area contributed by atoms with E-state index < -0.39 is 0 Å². The first-order valence-corrected chi connectivity index (χ1v) is 11.3. The molecule has 0 aliphatic heterocycles. The van der Waals surface area contributed by atoms with Gasteiger partial charge in [-0.25, -0.2) is 4.98 Å². The van der Waals surface area contributed by atoms with Crippen LogP contribution in [0.4, 0.5) is 5.13 Å². The number of methoxy groups -OCH3 is 3. The zero-order chi connectivity index (χ0) is 23.8. The second-order valence-corrected chi connectivity index (χ2v) is 7.99. The average Bonchev–Trinajstić information content (AvgIpc) is 3.29. The van der Waals surface area contributed by atoms with Crippen molar-refractivity contribution in [1.82, 2.24) is 4.98 Å². The minimum Gasteiger partial charge on any atom is -0.493 e. The number of hydrazone groups is 1. The number of fused-ring (bicyclic) bond motifs is 1. The molecule has 8 nitrogen and oxygen atoms in total. The summed E-state index contributed by atoms with van der Waals surface area (Å²) in [6.07, 6.45) is 1.67. The number of nitrogens with zero attached hydrogens (tertiary/aromatic N) is 2. The number of hydrogen-bond acceptors (Lipinski definition) is 9. The number of hydrogen-bond donors (Lipinski definition) is 1. The third-order valence-electron chi connectivity index (χ3n) is 4.81. The SMILES string of the molecule is COc1ccccc1OCCOc1c(OC)cc(C=NNc2nc3ccccc3s2)cc1OC. The van der Waals surface area contributed by atoms with E-state index in [-0.39, 0.29) is 6.61 Å². The van der Waals surface area contributed by atoms with Crippen LogP contribution in [0.5, 0.6) is 28.7 Å². The molecule has 9 heteroatoms. The van der Waals surface area contributed by atoms with Crippen LogP contribution in [0.25, 0.3) is 10.2 Å². The molecule has 0 radical (unpaired) electrons. The lowest BCUT2D eigenvalue weighted by Crippen LogP contribution is -2.11. The van der Waals surface area contributed by atoms with Crippen LogP contribution in [0.2, 0.25) is 0 Å². The Morgan fingerprint density at radius 1 is 0.824 bits per heavy atom. The number of nitrogens with one attached hydrogen (secondary N) is 1. The molecule has 0 saturated carbocycles. The van der Waals surface area contributed by atoms with Gasteiger partial charge in [-0.1, -0.05) is 35.6 Å². The van der Waals surface area contributed by atoms with E-state index in [0.29, 0.717) is 40.5 Å². The van der Waals surface area contributed by atoms with E-state index in [2.05, 4.69) is 15.5 Å². The Morgan fingerprint density at radius 3 is 2.18 bits per heavy atom. The van der Waals surface area contributed by atoms with Crippen LogP contribution in [0.1, 0.15) is 5.56 Å². The van der Waals surface area contributed by atoms with Gasteiger partial charge in [-0.2, -0.15) is 5.10 Å². The van der Waals surface area contributed by atoms with Gasteiger partial charge in [-0.15, -0.1) is 0 Å². The number of anilines is 1.